The van der Waals surface area contributed by atoms with E-state index in [9.17, 15) is 0 Å². The SMILES string of the molecule is c1ccc2c(c1)S[C@H](c1ccc3c(c1)OCO3)CCN2CC1CC1. The average molecular weight is 339 g/mol. The van der Waals surface area contributed by atoms with Crippen LogP contribution in [0.4, 0.5) is 5.69 Å². The van der Waals surface area contributed by atoms with E-state index in [1.807, 2.05) is 11.8 Å². The fraction of sp³-hybridized carbons (Fsp3) is 0.400. The number of nitrogens with zero attached hydrogens (tertiary/aromatic N) is 1. The number of hydrogen-bond donors (Lipinski definition) is 0. The van der Waals surface area contributed by atoms with E-state index in [1.165, 1.54) is 35.5 Å². The Balaban J connectivity index is 1.45. The molecule has 1 aliphatic carbocycles. The summed E-state index contributed by atoms with van der Waals surface area (Å²) in [5.41, 5.74) is 2.75. The lowest BCUT2D eigenvalue weighted by atomic mass is 10.1. The summed E-state index contributed by atoms with van der Waals surface area (Å²) in [7, 11) is 0. The van der Waals surface area contributed by atoms with E-state index in [4.69, 9.17) is 9.47 Å². The molecule has 124 valence electrons. The average Bonchev–Trinajstić information content (AvgIpc) is 3.34. The van der Waals surface area contributed by atoms with Gasteiger partial charge in [0.1, 0.15) is 0 Å². The summed E-state index contributed by atoms with van der Waals surface area (Å²) < 4.78 is 11.0. The maximum atomic E-state index is 5.57. The highest BCUT2D eigenvalue weighted by Gasteiger charge is 2.29. The van der Waals surface area contributed by atoms with Crippen LogP contribution < -0.4 is 14.4 Å². The van der Waals surface area contributed by atoms with Gasteiger partial charge in [0.15, 0.2) is 11.5 Å². The van der Waals surface area contributed by atoms with E-state index >= 15 is 0 Å². The van der Waals surface area contributed by atoms with Crippen LogP contribution in [0.15, 0.2) is 47.4 Å². The van der Waals surface area contributed by atoms with Crippen molar-refractivity contribution in [3.8, 4) is 11.5 Å². The first kappa shape index (κ1) is 14.5. The Morgan fingerprint density at radius 3 is 2.79 bits per heavy atom. The Morgan fingerprint density at radius 2 is 1.88 bits per heavy atom. The molecule has 0 aromatic heterocycles. The van der Waals surface area contributed by atoms with Gasteiger partial charge in [0.25, 0.3) is 0 Å². The summed E-state index contributed by atoms with van der Waals surface area (Å²) >= 11 is 1.99. The molecular weight excluding hydrogens is 318 g/mol. The van der Waals surface area contributed by atoms with Gasteiger partial charge in [-0.15, -0.1) is 11.8 Å². The molecule has 24 heavy (non-hydrogen) atoms. The minimum Gasteiger partial charge on any atom is -0.454 e. The molecule has 3 nitrogen and oxygen atoms in total. The van der Waals surface area contributed by atoms with Crippen LogP contribution in [0.1, 0.15) is 30.1 Å². The Bertz CT molecular complexity index is 759. The van der Waals surface area contributed by atoms with Crippen molar-refractivity contribution in [2.24, 2.45) is 5.92 Å². The summed E-state index contributed by atoms with van der Waals surface area (Å²) in [6.45, 7) is 2.68. The molecule has 0 radical (unpaired) electrons. The van der Waals surface area contributed by atoms with Gasteiger partial charge in [-0.05, 0) is 55.0 Å². The molecule has 1 fully saturated rings. The third-order valence-corrected chi connectivity index (χ3v) is 6.47. The van der Waals surface area contributed by atoms with Gasteiger partial charge in [-0.25, -0.2) is 0 Å². The molecule has 2 aromatic rings. The molecule has 2 heterocycles. The van der Waals surface area contributed by atoms with Crippen LogP contribution in [0.25, 0.3) is 0 Å². The summed E-state index contributed by atoms with van der Waals surface area (Å²) in [5.74, 6) is 2.67. The van der Waals surface area contributed by atoms with Crippen molar-refractivity contribution in [3.63, 3.8) is 0 Å². The van der Waals surface area contributed by atoms with Crippen LogP contribution in [0.3, 0.4) is 0 Å². The number of thioether (sulfide) groups is 1. The lowest BCUT2D eigenvalue weighted by Crippen LogP contribution is -2.26. The van der Waals surface area contributed by atoms with Crippen LogP contribution in [-0.4, -0.2) is 19.9 Å². The van der Waals surface area contributed by atoms with Crippen molar-refractivity contribution in [1.29, 1.82) is 0 Å². The van der Waals surface area contributed by atoms with Crippen molar-refractivity contribution in [2.45, 2.75) is 29.4 Å². The predicted molar refractivity (Wildman–Crippen MR) is 97.2 cm³/mol. The monoisotopic (exact) mass is 339 g/mol. The van der Waals surface area contributed by atoms with Gasteiger partial charge >= 0.3 is 0 Å². The topological polar surface area (TPSA) is 21.7 Å². The third-order valence-electron chi connectivity index (χ3n) is 5.08. The first-order valence-electron chi connectivity index (χ1n) is 8.77. The zero-order valence-corrected chi connectivity index (χ0v) is 14.4. The van der Waals surface area contributed by atoms with Gasteiger partial charge in [-0.1, -0.05) is 18.2 Å². The summed E-state index contributed by atoms with van der Waals surface area (Å²) in [5, 5.41) is 0.463. The molecule has 0 unspecified atom stereocenters. The molecule has 1 atom stereocenters. The molecule has 0 amide bonds. The molecule has 2 aliphatic heterocycles. The number of rotatable bonds is 3. The normalized spacial score (nSPS) is 22.2. The van der Waals surface area contributed by atoms with Gasteiger partial charge in [-0.2, -0.15) is 0 Å². The van der Waals surface area contributed by atoms with E-state index in [1.54, 1.807) is 0 Å². The van der Waals surface area contributed by atoms with Crippen LogP contribution >= 0.6 is 11.8 Å². The summed E-state index contributed by atoms with van der Waals surface area (Å²) in [6.07, 6.45) is 3.96. The van der Waals surface area contributed by atoms with Gasteiger partial charge in [-0.3, -0.25) is 0 Å². The van der Waals surface area contributed by atoms with Crippen LogP contribution in [0.5, 0.6) is 11.5 Å². The minimum atomic E-state index is 0.342. The largest absolute Gasteiger partial charge is 0.454 e. The van der Waals surface area contributed by atoms with E-state index in [0.717, 1.165) is 30.4 Å². The quantitative estimate of drug-likeness (QED) is 0.795. The molecule has 0 saturated heterocycles. The highest BCUT2D eigenvalue weighted by Crippen LogP contribution is 2.47. The molecule has 0 N–H and O–H groups in total. The van der Waals surface area contributed by atoms with Crippen molar-refractivity contribution in [3.05, 3.63) is 48.0 Å². The number of anilines is 1. The maximum absolute atomic E-state index is 5.57. The van der Waals surface area contributed by atoms with Crippen molar-refractivity contribution >= 4 is 17.4 Å². The van der Waals surface area contributed by atoms with Gasteiger partial charge in [0.2, 0.25) is 6.79 Å². The second-order valence-electron chi connectivity index (χ2n) is 6.86. The molecular formula is C20H21NO2S. The van der Waals surface area contributed by atoms with Crippen LogP contribution in [-0.2, 0) is 0 Å². The predicted octanol–water partition coefficient (Wildman–Crippen LogP) is 4.87. The smallest absolute Gasteiger partial charge is 0.231 e. The van der Waals surface area contributed by atoms with Crippen molar-refractivity contribution in [1.82, 2.24) is 0 Å². The highest BCUT2D eigenvalue weighted by atomic mass is 32.2. The third kappa shape index (κ3) is 2.73. The summed E-state index contributed by atoms with van der Waals surface area (Å²) in [4.78, 5) is 4.01. The standard InChI is InChI=1S/C20H21NO2S/c1-2-4-20-16(3-1)21(12-14-5-6-14)10-9-19(24-20)15-7-8-17-18(11-15)23-13-22-17/h1-4,7-8,11,14,19H,5-6,9-10,12-13H2/t19-/m0/s1. The molecule has 4 heteroatoms. The fourth-order valence-electron chi connectivity index (χ4n) is 3.57. The molecule has 3 aliphatic rings. The van der Waals surface area contributed by atoms with E-state index < -0.39 is 0 Å². The van der Waals surface area contributed by atoms with Crippen molar-refractivity contribution in [2.75, 3.05) is 24.8 Å². The Hall–Kier alpha value is -1.81. The molecule has 5 rings (SSSR count). The number of hydrogen-bond acceptors (Lipinski definition) is 4. The molecule has 0 spiro atoms. The first-order valence-corrected chi connectivity index (χ1v) is 9.65. The first-order chi connectivity index (χ1) is 11.9. The van der Waals surface area contributed by atoms with Gasteiger partial charge in [0, 0.05) is 23.2 Å². The van der Waals surface area contributed by atoms with Gasteiger partial charge in [0.05, 0.1) is 5.69 Å². The van der Waals surface area contributed by atoms with Gasteiger partial charge < -0.3 is 14.4 Å². The Kier molecular flexibility index (Phi) is 3.58. The number of ether oxygens (including phenoxy) is 2. The lowest BCUT2D eigenvalue weighted by Gasteiger charge is -2.24. The summed E-state index contributed by atoms with van der Waals surface area (Å²) in [6, 6.07) is 15.3. The molecule has 1 saturated carbocycles. The van der Waals surface area contributed by atoms with E-state index in [2.05, 4.69) is 47.4 Å². The zero-order chi connectivity index (χ0) is 15.9. The number of para-hydroxylation sites is 1. The maximum Gasteiger partial charge on any atom is 0.231 e. The van der Waals surface area contributed by atoms with E-state index in [0.29, 0.717) is 12.0 Å². The second kappa shape index (κ2) is 5.92. The van der Waals surface area contributed by atoms with Crippen LogP contribution in [0.2, 0.25) is 0 Å². The molecule has 2 aromatic carbocycles. The minimum absolute atomic E-state index is 0.342. The van der Waals surface area contributed by atoms with E-state index in [-0.39, 0.29) is 0 Å². The fourth-order valence-corrected chi connectivity index (χ4v) is 4.86. The number of benzene rings is 2. The Labute approximate surface area is 147 Å². The second-order valence-corrected chi connectivity index (χ2v) is 8.11. The zero-order valence-electron chi connectivity index (χ0n) is 13.6. The molecule has 0 bridgehead atoms. The highest BCUT2D eigenvalue weighted by molar-refractivity contribution is 7.99. The van der Waals surface area contributed by atoms with Crippen molar-refractivity contribution < 1.29 is 9.47 Å². The number of fused-ring (bicyclic) bond motifs is 2. The Morgan fingerprint density at radius 1 is 1.00 bits per heavy atom. The van der Waals surface area contributed by atoms with Crippen LogP contribution in [0, 0.1) is 5.92 Å². The lowest BCUT2D eigenvalue weighted by molar-refractivity contribution is 0.174.